The second-order valence-corrected chi connectivity index (χ2v) is 6.88. The number of nitrogens with zero attached hydrogens (tertiary/aromatic N) is 2. The summed E-state index contributed by atoms with van der Waals surface area (Å²) in [4.78, 5) is 28.3. The molecule has 0 aromatic heterocycles. The second-order valence-electron chi connectivity index (χ2n) is 6.88. The minimum atomic E-state index is -0.496. The fourth-order valence-electron chi connectivity index (χ4n) is 3.49. The third kappa shape index (κ3) is 3.85. The van der Waals surface area contributed by atoms with E-state index in [-0.39, 0.29) is 18.4 Å². The molecule has 6 nitrogen and oxygen atoms in total. The number of ether oxygens (including phenoxy) is 2. The molecule has 25 heavy (non-hydrogen) atoms. The standard InChI is InChI=1S/C19H26N2O4/c1-14-4-5-15(2)17(12-14)21(16(3)22)13-18(23)20-8-6-19(7-9-20)24-10-11-25-19/h4-5,12H,6-11,13H2,1-3H3. The largest absolute Gasteiger partial charge is 0.347 e. The molecule has 2 aliphatic heterocycles. The van der Waals surface area contributed by atoms with Crippen LogP contribution in [0.5, 0.6) is 0 Å². The molecule has 2 fully saturated rings. The van der Waals surface area contributed by atoms with Crippen molar-refractivity contribution in [1.82, 2.24) is 4.90 Å². The Labute approximate surface area is 148 Å². The first-order valence-corrected chi connectivity index (χ1v) is 8.81. The predicted molar refractivity (Wildman–Crippen MR) is 94.4 cm³/mol. The maximum atomic E-state index is 12.7. The van der Waals surface area contributed by atoms with E-state index in [0.717, 1.165) is 16.8 Å². The lowest BCUT2D eigenvalue weighted by Crippen LogP contribution is -2.50. The minimum absolute atomic E-state index is 0.0380. The van der Waals surface area contributed by atoms with Gasteiger partial charge in [-0.05, 0) is 31.0 Å². The first-order valence-electron chi connectivity index (χ1n) is 8.81. The number of carbonyl (C=O) groups excluding carboxylic acids is 2. The number of rotatable bonds is 3. The first kappa shape index (κ1) is 17.9. The molecule has 2 amide bonds. The fraction of sp³-hybridized carbons (Fsp3) is 0.579. The molecule has 0 N–H and O–H groups in total. The molecule has 6 heteroatoms. The molecule has 3 rings (SSSR count). The average molecular weight is 346 g/mol. The van der Waals surface area contributed by atoms with Gasteiger partial charge in [0.2, 0.25) is 11.8 Å². The normalized spacial score (nSPS) is 19.2. The van der Waals surface area contributed by atoms with Gasteiger partial charge < -0.3 is 19.3 Å². The van der Waals surface area contributed by atoms with E-state index in [9.17, 15) is 9.59 Å². The van der Waals surface area contributed by atoms with Crippen LogP contribution in [-0.2, 0) is 19.1 Å². The number of likely N-dealkylation sites (tertiary alicyclic amines) is 1. The third-order valence-corrected chi connectivity index (χ3v) is 5.02. The summed E-state index contributed by atoms with van der Waals surface area (Å²) in [6.07, 6.45) is 1.37. The lowest BCUT2D eigenvalue weighted by molar-refractivity contribution is -0.187. The van der Waals surface area contributed by atoms with Crippen molar-refractivity contribution >= 4 is 17.5 Å². The third-order valence-electron chi connectivity index (χ3n) is 5.02. The van der Waals surface area contributed by atoms with E-state index in [0.29, 0.717) is 39.1 Å². The second kappa shape index (κ2) is 7.14. The van der Waals surface area contributed by atoms with E-state index < -0.39 is 5.79 Å². The molecule has 1 aromatic carbocycles. The van der Waals surface area contributed by atoms with Crippen LogP contribution in [0.1, 0.15) is 30.9 Å². The first-order chi connectivity index (χ1) is 11.9. The molecule has 2 aliphatic rings. The molecule has 136 valence electrons. The van der Waals surface area contributed by atoms with Crippen molar-refractivity contribution in [2.75, 3.05) is 37.7 Å². The van der Waals surface area contributed by atoms with Gasteiger partial charge in [0, 0.05) is 38.5 Å². The van der Waals surface area contributed by atoms with Crippen LogP contribution >= 0.6 is 0 Å². The summed E-state index contributed by atoms with van der Waals surface area (Å²) >= 11 is 0. The molecule has 2 saturated heterocycles. The van der Waals surface area contributed by atoms with E-state index in [1.807, 2.05) is 32.0 Å². The summed E-state index contributed by atoms with van der Waals surface area (Å²) in [5.41, 5.74) is 2.85. The van der Waals surface area contributed by atoms with Gasteiger partial charge in [-0.3, -0.25) is 9.59 Å². The van der Waals surface area contributed by atoms with E-state index in [1.54, 1.807) is 9.80 Å². The average Bonchev–Trinajstić information content (AvgIpc) is 3.03. The van der Waals surface area contributed by atoms with E-state index in [2.05, 4.69) is 0 Å². The lowest BCUT2D eigenvalue weighted by Gasteiger charge is -2.38. The Bertz CT molecular complexity index is 657. The van der Waals surface area contributed by atoms with E-state index in [4.69, 9.17) is 9.47 Å². The minimum Gasteiger partial charge on any atom is -0.347 e. The molecule has 2 heterocycles. The van der Waals surface area contributed by atoms with Gasteiger partial charge in [0.1, 0.15) is 6.54 Å². The van der Waals surface area contributed by atoms with E-state index in [1.165, 1.54) is 6.92 Å². The summed E-state index contributed by atoms with van der Waals surface area (Å²) in [5.74, 6) is -0.661. The number of anilines is 1. The van der Waals surface area contributed by atoms with Gasteiger partial charge in [-0.15, -0.1) is 0 Å². The van der Waals surface area contributed by atoms with Gasteiger partial charge in [0.25, 0.3) is 0 Å². The van der Waals surface area contributed by atoms with Crippen molar-refractivity contribution in [2.45, 2.75) is 39.4 Å². The molecule has 1 aromatic rings. The molecule has 0 saturated carbocycles. The number of benzene rings is 1. The maximum Gasteiger partial charge on any atom is 0.242 e. The van der Waals surface area contributed by atoms with Crippen molar-refractivity contribution < 1.29 is 19.1 Å². The van der Waals surface area contributed by atoms with Crippen molar-refractivity contribution in [3.63, 3.8) is 0 Å². The summed E-state index contributed by atoms with van der Waals surface area (Å²) in [5, 5.41) is 0. The van der Waals surface area contributed by atoms with Gasteiger partial charge >= 0.3 is 0 Å². The predicted octanol–water partition coefficient (Wildman–Crippen LogP) is 2.02. The Balaban J connectivity index is 1.67. The molecule has 0 atom stereocenters. The monoisotopic (exact) mass is 346 g/mol. The summed E-state index contributed by atoms with van der Waals surface area (Å²) < 4.78 is 11.4. The highest BCUT2D eigenvalue weighted by Gasteiger charge is 2.41. The quantitative estimate of drug-likeness (QED) is 0.840. The van der Waals surface area contributed by atoms with Gasteiger partial charge in [0.15, 0.2) is 5.79 Å². The number of piperidine rings is 1. The molecule has 0 unspecified atom stereocenters. The number of carbonyl (C=O) groups is 2. The lowest BCUT2D eigenvalue weighted by atomic mass is 10.0. The Hall–Kier alpha value is -1.92. The smallest absolute Gasteiger partial charge is 0.242 e. The molecular formula is C19H26N2O4. The number of hydrogen-bond acceptors (Lipinski definition) is 4. The van der Waals surface area contributed by atoms with Crippen molar-refractivity contribution in [2.24, 2.45) is 0 Å². The highest BCUT2D eigenvalue weighted by atomic mass is 16.7. The topological polar surface area (TPSA) is 59.1 Å². The molecular weight excluding hydrogens is 320 g/mol. The highest BCUT2D eigenvalue weighted by Crippen LogP contribution is 2.31. The molecule has 0 bridgehead atoms. The van der Waals surface area contributed by atoms with Gasteiger partial charge in [0.05, 0.1) is 13.2 Å². The highest BCUT2D eigenvalue weighted by molar-refractivity contribution is 5.98. The number of hydrogen-bond donors (Lipinski definition) is 0. The van der Waals surface area contributed by atoms with Crippen LogP contribution in [0.4, 0.5) is 5.69 Å². The maximum absolute atomic E-state index is 12.7. The Morgan fingerprint density at radius 1 is 1.16 bits per heavy atom. The van der Waals surface area contributed by atoms with Crippen LogP contribution in [0, 0.1) is 13.8 Å². The number of aryl methyl sites for hydroxylation is 2. The van der Waals surface area contributed by atoms with E-state index >= 15 is 0 Å². The van der Waals surface area contributed by atoms with Crippen LogP contribution in [0.2, 0.25) is 0 Å². The number of amides is 2. The van der Waals surface area contributed by atoms with Crippen molar-refractivity contribution in [3.8, 4) is 0 Å². The fourth-order valence-corrected chi connectivity index (χ4v) is 3.49. The molecule has 0 aliphatic carbocycles. The zero-order valence-corrected chi connectivity index (χ0v) is 15.2. The van der Waals surface area contributed by atoms with Crippen LogP contribution < -0.4 is 4.90 Å². The van der Waals surface area contributed by atoms with Crippen molar-refractivity contribution in [1.29, 1.82) is 0 Å². The Morgan fingerprint density at radius 2 is 1.80 bits per heavy atom. The molecule has 1 spiro atoms. The Morgan fingerprint density at radius 3 is 2.40 bits per heavy atom. The zero-order valence-electron chi connectivity index (χ0n) is 15.2. The summed E-state index contributed by atoms with van der Waals surface area (Å²) in [6.45, 7) is 7.93. The van der Waals surface area contributed by atoms with Crippen LogP contribution in [-0.4, -0.2) is 55.3 Å². The van der Waals surface area contributed by atoms with Crippen molar-refractivity contribution in [3.05, 3.63) is 29.3 Å². The zero-order chi connectivity index (χ0) is 18.0. The van der Waals surface area contributed by atoms with Gasteiger partial charge in [-0.2, -0.15) is 0 Å². The molecule has 0 radical (unpaired) electrons. The van der Waals surface area contributed by atoms with Gasteiger partial charge in [-0.1, -0.05) is 12.1 Å². The summed E-state index contributed by atoms with van der Waals surface area (Å²) in [7, 11) is 0. The summed E-state index contributed by atoms with van der Waals surface area (Å²) in [6, 6.07) is 5.94. The van der Waals surface area contributed by atoms with Crippen LogP contribution in [0.15, 0.2) is 18.2 Å². The van der Waals surface area contributed by atoms with Gasteiger partial charge in [-0.25, -0.2) is 0 Å². The SMILES string of the molecule is CC(=O)N(CC(=O)N1CCC2(CC1)OCCO2)c1cc(C)ccc1C. The van der Waals surface area contributed by atoms with Crippen LogP contribution in [0.3, 0.4) is 0 Å². The Kier molecular flexibility index (Phi) is 5.11. The van der Waals surface area contributed by atoms with Crippen LogP contribution in [0.25, 0.3) is 0 Å².